The molecule has 0 spiro atoms. The molecule has 1 saturated carbocycles. The number of alkyl halides is 1. The number of allylic oxidation sites excluding steroid dienone is 2. The van der Waals surface area contributed by atoms with Gasteiger partial charge in [-0.05, 0) is 57.3 Å². The van der Waals surface area contributed by atoms with Gasteiger partial charge in [0.1, 0.15) is 0 Å². The van der Waals surface area contributed by atoms with Gasteiger partial charge < -0.3 is 0 Å². The van der Waals surface area contributed by atoms with Crippen LogP contribution in [-0.2, 0) is 0 Å². The molecule has 0 N–H and O–H groups in total. The molecule has 2 unspecified atom stereocenters. The fourth-order valence-electron chi connectivity index (χ4n) is 3.01. The van der Waals surface area contributed by atoms with Crippen LogP contribution in [0.15, 0.2) is 11.6 Å². The van der Waals surface area contributed by atoms with E-state index in [-0.39, 0.29) is 0 Å². The molecule has 0 aromatic heterocycles. The van der Waals surface area contributed by atoms with Gasteiger partial charge in [0.05, 0.1) is 0 Å². The Bertz CT molecular complexity index is 219. The normalized spacial score (nSPS) is 32.5. The summed E-state index contributed by atoms with van der Waals surface area (Å²) in [5, 5.41) is 0.476. The Morgan fingerprint density at radius 1 is 1.20 bits per heavy atom. The largest absolute Gasteiger partial charge is 0.123 e. The smallest absolute Gasteiger partial charge is 0.0338 e. The van der Waals surface area contributed by atoms with Gasteiger partial charge in [-0.15, -0.1) is 11.6 Å². The Kier molecular flexibility index (Phi) is 4.56. The van der Waals surface area contributed by atoms with Crippen molar-refractivity contribution < 1.29 is 0 Å². The van der Waals surface area contributed by atoms with Crippen LogP contribution in [0.25, 0.3) is 0 Å². The van der Waals surface area contributed by atoms with Crippen molar-refractivity contribution in [1.82, 2.24) is 0 Å². The van der Waals surface area contributed by atoms with Crippen molar-refractivity contribution in [2.24, 2.45) is 5.92 Å². The monoisotopic (exact) mass is 226 g/mol. The van der Waals surface area contributed by atoms with E-state index in [1.807, 2.05) is 0 Å². The number of hydrogen-bond acceptors (Lipinski definition) is 0. The Morgan fingerprint density at radius 2 is 2.13 bits per heavy atom. The predicted molar refractivity (Wildman–Crippen MR) is 67.4 cm³/mol. The molecule has 1 fully saturated rings. The summed E-state index contributed by atoms with van der Waals surface area (Å²) < 4.78 is 0. The zero-order valence-corrected chi connectivity index (χ0v) is 10.4. The van der Waals surface area contributed by atoms with Crippen molar-refractivity contribution in [3.05, 3.63) is 11.6 Å². The number of halogens is 1. The SMILES string of the molecule is ClC1CCCC(CCC2=CCCCC2)C1. The van der Waals surface area contributed by atoms with Crippen molar-refractivity contribution in [3.8, 4) is 0 Å². The van der Waals surface area contributed by atoms with Crippen LogP contribution in [-0.4, -0.2) is 5.38 Å². The van der Waals surface area contributed by atoms with E-state index in [1.165, 1.54) is 64.2 Å². The highest BCUT2D eigenvalue weighted by atomic mass is 35.5. The molecular formula is C14H23Cl. The predicted octanol–water partition coefficient (Wildman–Crippen LogP) is 5.06. The van der Waals surface area contributed by atoms with Gasteiger partial charge in [-0.2, -0.15) is 0 Å². The fraction of sp³-hybridized carbons (Fsp3) is 0.857. The lowest BCUT2D eigenvalue weighted by Gasteiger charge is -2.26. The lowest BCUT2D eigenvalue weighted by molar-refractivity contribution is 0.341. The van der Waals surface area contributed by atoms with Crippen molar-refractivity contribution in [3.63, 3.8) is 0 Å². The fourth-order valence-corrected chi connectivity index (χ4v) is 3.42. The van der Waals surface area contributed by atoms with E-state index in [0.29, 0.717) is 5.38 Å². The molecule has 1 heteroatoms. The Hall–Kier alpha value is 0.0300. The minimum absolute atomic E-state index is 0.476. The van der Waals surface area contributed by atoms with Gasteiger partial charge in [0.2, 0.25) is 0 Å². The Labute approximate surface area is 99.1 Å². The van der Waals surface area contributed by atoms with E-state index in [2.05, 4.69) is 6.08 Å². The minimum atomic E-state index is 0.476. The lowest BCUT2D eigenvalue weighted by atomic mass is 9.83. The highest BCUT2D eigenvalue weighted by Gasteiger charge is 2.20. The maximum absolute atomic E-state index is 6.22. The first-order chi connectivity index (χ1) is 7.34. The average molecular weight is 227 g/mol. The first-order valence-electron chi connectivity index (χ1n) is 6.66. The van der Waals surface area contributed by atoms with E-state index < -0.39 is 0 Å². The zero-order valence-electron chi connectivity index (χ0n) is 9.68. The molecule has 0 amide bonds. The van der Waals surface area contributed by atoms with Gasteiger partial charge in [-0.25, -0.2) is 0 Å². The molecule has 86 valence electrons. The van der Waals surface area contributed by atoms with Crippen LogP contribution in [0, 0.1) is 5.92 Å². The van der Waals surface area contributed by atoms with Crippen LogP contribution < -0.4 is 0 Å². The molecule has 2 aliphatic rings. The first-order valence-corrected chi connectivity index (χ1v) is 7.10. The minimum Gasteiger partial charge on any atom is -0.123 e. The third-order valence-electron chi connectivity index (χ3n) is 3.98. The number of hydrogen-bond donors (Lipinski definition) is 0. The molecule has 0 nitrogen and oxygen atoms in total. The van der Waals surface area contributed by atoms with Gasteiger partial charge in [0, 0.05) is 5.38 Å². The maximum atomic E-state index is 6.22. The molecule has 0 heterocycles. The molecule has 15 heavy (non-hydrogen) atoms. The summed E-state index contributed by atoms with van der Waals surface area (Å²) in [6.45, 7) is 0. The van der Waals surface area contributed by atoms with E-state index in [4.69, 9.17) is 11.6 Å². The second-order valence-electron chi connectivity index (χ2n) is 5.28. The van der Waals surface area contributed by atoms with Crippen LogP contribution in [0.2, 0.25) is 0 Å². The van der Waals surface area contributed by atoms with Crippen molar-refractivity contribution in [2.75, 3.05) is 0 Å². The van der Waals surface area contributed by atoms with Crippen LogP contribution in [0.3, 0.4) is 0 Å². The first kappa shape index (κ1) is 11.5. The molecule has 2 rings (SSSR count). The molecule has 2 aliphatic carbocycles. The standard InChI is InChI=1S/C14H23Cl/c15-14-8-4-7-13(11-14)10-9-12-5-2-1-3-6-12/h5,13-14H,1-4,6-11H2. The molecule has 0 aromatic carbocycles. The quantitative estimate of drug-likeness (QED) is 0.466. The number of rotatable bonds is 3. The average Bonchev–Trinajstić information content (AvgIpc) is 2.28. The Morgan fingerprint density at radius 3 is 2.87 bits per heavy atom. The molecule has 0 radical (unpaired) electrons. The van der Waals surface area contributed by atoms with Crippen LogP contribution >= 0.6 is 11.6 Å². The summed E-state index contributed by atoms with van der Waals surface area (Å²) in [4.78, 5) is 0. The van der Waals surface area contributed by atoms with E-state index >= 15 is 0 Å². The second-order valence-corrected chi connectivity index (χ2v) is 5.89. The van der Waals surface area contributed by atoms with E-state index in [1.54, 1.807) is 5.57 Å². The summed E-state index contributed by atoms with van der Waals surface area (Å²) in [7, 11) is 0. The van der Waals surface area contributed by atoms with Crippen molar-refractivity contribution >= 4 is 11.6 Å². The van der Waals surface area contributed by atoms with E-state index in [0.717, 1.165) is 5.92 Å². The summed E-state index contributed by atoms with van der Waals surface area (Å²) in [6.07, 6.45) is 16.1. The molecule has 0 bridgehead atoms. The summed E-state index contributed by atoms with van der Waals surface area (Å²) in [5.74, 6) is 0.920. The third-order valence-corrected chi connectivity index (χ3v) is 4.37. The highest BCUT2D eigenvalue weighted by Crippen LogP contribution is 2.32. The molecular weight excluding hydrogens is 204 g/mol. The summed E-state index contributed by atoms with van der Waals surface area (Å²) in [6, 6.07) is 0. The van der Waals surface area contributed by atoms with Crippen LogP contribution in [0.1, 0.15) is 64.2 Å². The highest BCUT2D eigenvalue weighted by molar-refractivity contribution is 6.20. The van der Waals surface area contributed by atoms with Crippen molar-refractivity contribution in [1.29, 1.82) is 0 Å². The third kappa shape index (κ3) is 3.83. The van der Waals surface area contributed by atoms with Crippen LogP contribution in [0.5, 0.6) is 0 Å². The van der Waals surface area contributed by atoms with Crippen molar-refractivity contribution in [2.45, 2.75) is 69.6 Å². The zero-order chi connectivity index (χ0) is 10.5. The van der Waals surface area contributed by atoms with Gasteiger partial charge in [0.15, 0.2) is 0 Å². The molecule has 2 atom stereocenters. The Balaban J connectivity index is 1.70. The summed E-state index contributed by atoms with van der Waals surface area (Å²) in [5.41, 5.74) is 1.73. The topological polar surface area (TPSA) is 0 Å². The van der Waals surface area contributed by atoms with Gasteiger partial charge in [-0.3, -0.25) is 0 Å². The van der Waals surface area contributed by atoms with Gasteiger partial charge >= 0.3 is 0 Å². The lowest BCUT2D eigenvalue weighted by Crippen LogP contribution is -2.15. The summed E-state index contributed by atoms with van der Waals surface area (Å²) >= 11 is 6.22. The molecule has 0 saturated heterocycles. The van der Waals surface area contributed by atoms with Gasteiger partial charge in [0.25, 0.3) is 0 Å². The van der Waals surface area contributed by atoms with E-state index in [9.17, 15) is 0 Å². The maximum Gasteiger partial charge on any atom is 0.0338 e. The van der Waals surface area contributed by atoms with Crippen LogP contribution in [0.4, 0.5) is 0 Å². The van der Waals surface area contributed by atoms with Gasteiger partial charge in [-0.1, -0.05) is 24.5 Å². The molecule has 0 aliphatic heterocycles. The second kappa shape index (κ2) is 5.94. The molecule has 0 aromatic rings.